The fourth-order valence-electron chi connectivity index (χ4n) is 2.48. The predicted octanol–water partition coefficient (Wildman–Crippen LogP) is 5.25. The molecule has 0 radical (unpaired) electrons. The minimum absolute atomic E-state index is 0.0464. The molecule has 7 heteroatoms. The number of hydrogen-bond acceptors (Lipinski definition) is 4. The van der Waals surface area contributed by atoms with Crippen LogP contribution in [0.5, 0.6) is 5.75 Å². The van der Waals surface area contributed by atoms with E-state index >= 15 is 0 Å². The molecular formula is C19H18Cl2N2O2S. The van der Waals surface area contributed by atoms with Gasteiger partial charge in [0.05, 0.1) is 5.69 Å². The predicted molar refractivity (Wildman–Crippen MR) is 109 cm³/mol. The molecule has 3 rings (SSSR count). The number of aryl methyl sites for hydroxylation is 1. The molecular weight excluding hydrogens is 391 g/mol. The largest absolute Gasteiger partial charge is 0.484 e. The van der Waals surface area contributed by atoms with E-state index in [1.807, 2.05) is 38.1 Å². The molecule has 0 unspecified atom stereocenters. The molecule has 1 aliphatic heterocycles. The fourth-order valence-corrected chi connectivity index (χ4v) is 3.73. The van der Waals surface area contributed by atoms with Gasteiger partial charge in [0.15, 0.2) is 11.8 Å². The van der Waals surface area contributed by atoms with Crippen LogP contribution in [0.15, 0.2) is 41.4 Å². The lowest BCUT2D eigenvalue weighted by Crippen LogP contribution is -2.35. The maximum Gasteiger partial charge on any atom is 0.266 e. The van der Waals surface area contributed by atoms with Crippen molar-refractivity contribution in [2.75, 3.05) is 18.9 Å². The van der Waals surface area contributed by atoms with Gasteiger partial charge in [-0.1, -0.05) is 41.0 Å². The van der Waals surface area contributed by atoms with Crippen molar-refractivity contribution in [3.8, 4) is 5.75 Å². The standard InChI is InChI=1S/C19H18Cl2N2O2S/c1-12-10-14(6-7-15(12)20)25-11-18(24)23-8-9-26-19(23)22-17-5-3-4-16(21)13(17)2/h3-7,10H,8-9,11H2,1-2H3. The minimum atomic E-state index is -0.124. The Bertz CT molecular complexity index is 871. The summed E-state index contributed by atoms with van der Waals surface area (Å²) in [6.45, 7) is 4.38. The Morgan fingerprint density at radius 2 is 2.04 bits per heavy atom. The number of carbonyl (C=O) groups excluding carboxylic acids is 1. The quantitative estimate of drug-likeness (QED) is 0.693. The van der Waals surface area contributed by atoms with Crippen LogP contribution in [-0.2, 0) is 4.79 Å². The van der Waals surface area contributed by atoms with Crippen molar-refractivity contribution in [1.82, 2.24) is 4.90 Å². The number of rotatable bonds is 4. The van der Waals surface area contributed by atoms with E-state index in [0.717, 1.165) is 22.6 Å². The SMILES string of the molecule is Cc1cc(OCC(=O)N2CCSC2=Nc2cccc(Cl)c2C)ccc1Cl. The first-order valence-electron chi connectivity index (χ1n) is 8.11. The van der Waals surface area contributed by atoms with Crippen LogP contribution in [0.1, 0.15) is 11.1 Å². The monoisotopic (exact) mass is 408 g/mol. The molecule has 1 fully saturated rings. The average Bonchev–Trinajstić information content (AvgIpc) is 3.08. The lowest BCUT2D eigenvalue weighted by molar-refractivity contribution is -0.129. The first kappa shape index (κ1) is 19.1. The zero-order chi connectivity index (χ0) is 18.7. The highest BCUT2D eigenvalue weighted by Crippen LogP contribution is 2.29. The van der Waals surface area contributed by atoms with E-state index in [4.69, 9.17) is 27.9 Å². The summed E-state index contributed by atoms with van der Waals surface area (Å²) in [7, 11) is 0. The number of amides is 1. The first-order chi connectivity index (χ1) is 12.5. The van der Waals surface area contributed by atoms with Gasteiger partial charge in [0.1, 0.15) is 5.75 Å². The highest BCUT2D eigenvalue weighted by atomic mass is 35.5. The van der Waals surface area contributed by atoms with Crippen LogP contribution in [0.3, 0.4) is 0 Å². The smallest absolute Gasteiger partial charge is 0.266 e. The second kappa shape index (κ2) is 8.33. The first-order valence-corrected chi connectivity index (χ1v) is 9.86. The Kier molecular flexibility index (Phi) is 6.12. The van der Waals surface area contributed by atoms with Gasteiger partial charge in [0.25, 0.3) is 5.91 Å². The van der Waals surface area contributed by atoms with Crippen LogP contribution >= 0.6 is 35.0 Å². The zero-order valence-corrected chi connectivity index (χ0v) is 16.8. The summed E-state index contributed by atoms with van der Waals surface area (Å²) in [5, 5.41) is 2.01. The van der Waals surface area contributed by atoms with E-state index in [9.17, 15) is 4.79 Å². The molecule has 0 saturated carbocycles. The van der Waals surface area contributed by atoms with E-state index in [2.05, 4.69) is 4.99 Å². The summed E-state index contributed by atoms with van der Waals surface area (Å²) in [4.78, 5) is 18.9. The minimum Gasteiger partial charge on any atom is -0.484 e. The van der Waals surface area contributed by atoms with Crippen LogP contribution < -0.4 is 4.74 Å². The Morgan fingerprint density at radius 1 is 1.23 bits per heavy atom. The average molecular weight is 409 g/mol. The summed E-state index contributed by atoms with van der Waals surface area (Å²) in [6.07, 6.45) is 0. The number of aliphatic imine (C=N–C) groups is 1. The van der Waals surface area contributed by atoms with E-state index < -0.39 is 0 Å². The van der Waals surface area contributed by atoms with Crippen molar-refractivity contribution in [3.63, 3.8) is 0 Å². The van der Waals surface area contributed by atoms with Gasteiger partial charge in [0.2, 0.25) is 0 Å². The molecule has 1 saturated heterocycles. The Balaban J connectivity index is 1.71. The molecule has 0 aliphatic carbocycles. The molecule has 4 nitrogen and oxygen atoms in total. The molecule has 0 atom stereocenters. The molecule has 26 heavy (non-hydrogen) atoms. The van der Waals surface area contributed by atoms with Gasteiger partial charge in [-0.15, -0.1) is 0 Å². The highest BCUT2D eigenvalue weighted by Gasteiger charge is 2.26. The maximum absolute atomic E-state index is 12.6. The van der Waals surface area contributed by atoms with Gasteiger partial charge >= 0.3 is 0 Å². The second-order valence-corrected chi connectivity index (χ2v) is 7.75. The van der Waals surface area contributed by atoms with E-state index in [-0.39, 0.29) is 12.5 Å². The Morgan fingerprint density at radius 3 is 2.81 bits per heavy atom. The lowest BCUT2D eigenvalue weighted by Gasteiger charge is -2.17. The van der Waals surface area contributed by atoms with Crippen molar-refractivity contribution >= 4 is 51.7 Å². The van der Waals surface area contributed by atoms with Crippen molar-refractivity contribution in [1.29, 1.82) is 0 Å². The van der Waals surface area contributed by atoms with Crippen molar-refractivity contribution < 1.29 is 9.53 Å². The normalized spacial score (nSPS) is 15.5. The third-order valence-corrected chi connectivity index (χ3v) is 5.82. The summed E-state index contributed by atoms with van der Waals surface area (Å²) in [5.41, 5.74) is 2.58. The number of ether oxygens (including phenoxy) is 1. The van der Waals surface area contributed by atoms with Crippen LogP contribution in [0.25, 0.3) is 0 Å². The molecule has 1 amide bonds. The molecule has 0 N–H and O–H groups in total. The summed E-state index contributed by atoms with van der Waals surface area (Å²) >= 11 is 13.7. The number of nitrogens with zero attached hydrogens (tertiary/aromatic N) is 2. The molecule has 0 bridgehead atoms. The summed E-state index contributed by atoms with van der Waals surface area (Å²) in [6, 6.07) is 10.9. The van der Waals surface area contributed by atoms with Crippen molar-refractivity contribution in [3.05, 3.63) is 57.6 Å². The van der Waals surface area contributed by atoms with Crippen molar-refractivity contribution in [2.24, 2.45) is 4.99 Å². The molecule has 0 aromatic heterocycles. The Labute approximate surface area is 167 Å². The van der Waals surface area contributed by atoms with E-state index in [1.54, 1.807) is 28.8 Å². The number of carbonyl (C=O) groups is 1. The molecule has 2 aromatic carbocycles. The fraction of sp³-hybridized carbons (Fsp3) is 0.263. The van der Waals surface area contributed by atoms with Gasteiger partial charge in [-0.3, -0.25) is 9.69 Å². The van der Waals surface area contributed by atoms with Gasteiger partial charge in [-0.05, 0) is 55.3 Å². The summed E-state index contributed by atoms with van der Waals surface area (Å²) < 4.78 is 5.62. The van der Waals surface area contributed by atoms with Gasteiger partial charge in [-0.25, -0.2) is 4.99 Å². The molecule has 136 valence electrons. The van der Waals surface area contributed by atoms with Crippen LogP contribution in [-0.4, -0.2) is 34.9 Å². The van der Waals surface area contributed by atoms with Gasteiger partial charge in [0, 0.05) is 22.3 Å². The maximum atomic E-state index is 12.6. The van der Waals surface area contributed by atoms with Gasteiger partial charge in [-0.2, -0.15) is 0 Å². The molecule has 1 aliphatic rings. The number of benzene rings is 2. The van der Waals surface area contributed by atoms with Crippen LogP contribution in [0.2, 0.25) is 10.0 Å². The van der Waals surface area contributed by atoms with Gasteiger partial charge < -0.3 is 4.74 Å². The van der Waals surface area contributed by atoms with Crippen molar-refractivity contribution in [2.45, 2.75) is 13.8 Å². The third kappa shape index (κ3) is 4.34. The van der Waals surface area contributed by atoms with E-state index in [1.165, 1.54) is 0 Å². The van der Waals surface area contributed by atoms with E-state index in [0.29, 0.717) is 27.5 Å². The number of thioether (sulfide) groups is 1. The van der Waals surface area contributed by atoms with Crippen LogP contribution in [0, 0.1) is 13.8 Å². The molecule has 0 spiro atoms. The molecule has 1 heterocycles. The summed E-state index contributed by atoms with van der Waals surface area (Å²) in [5.74, 6) is 1.31. The molecule has 2 aromatic rings. The highest BCUT2D eigenvalue weighted by molar-refractivity contribution is 8.14. The number of halogens is 2. The number of amidine groups is 1. The number of hydrogen-bond donors (Lipinski definition) is 0. The second-order valence-electron chi connectivity index (χ2n) is 5.87. The lowest BCUT2D eigenvalue weighted by atomic mass is 10.2. The topological polar surface area (TPSA) is 41.9 Å². The zero-order valence-electron chi connectivity index (χ0n) is 14.5. The van der Waals surface area contributed by atoms with Crippen LogP contribution in [0.4, 0.5) is 5.69 Å². The third-order valence-electron chi connectivity index (χ3n) is 4.02. The Hall–Kier alpha value is -1.69.